The molecule has 6 nitrogen and oxygen atoms in total. The van der Waals surface area contributed by atoms with E-state index in [4.69, 9.17) is 9.47 Å². The van der Waals surface area contributed by atoms with Crippen molar-refractivity contribution in [2.45, 2.75) is 39.5 Å². The maximum absolute atomic E-state index is 12.3. The highest BCUT2D eigenvalue weighted by molar-refractivity contribution is 5.94. The van der Waals surface area contributed by atoms with Crippen molar-refractivity contribution in [3.63, 3.8) is 0 Å². The Morgan fingerprint density at radius 1 is 1.14 bits per heavy atom. The molecule has 1 aromatic rings. The first-order chi connectivity index (χ1) is 10.6. The fourth-order valence-electron chi connectivity index (χ4n) is 1.69. The molecule has 0 bridgehead atoms. The van der Waals surface area contributed by atoms with Crippen LogP contribution in [0.15, 0.2) is 12.1 Å². The van der Waals surface area contributed by atoms with E-state index in [2.05, 4.69) is 24.3 Å². The topological polar surface area (TPSA) is 63.7 Å². The lowest BCUT2D eigenvalue weighted by molar-refractivity contribution is 0.0733. The average molecular weight is 309 g/mol. The van der Waals surface area contributed by atoms with Gasteiger partial charge in [-0.15, -0.1) is 0 Å². The first-order valence-corrected chi connectivity index (χ1v) is 7.85. The van der Waals surface area contributed by atoms with E-state index in [0.717, 1.165) is 25.7 Å². The minimum absolute atomic E-state index is 0.161. The summed E-state index contributed by atoms with van der Waals surface area (Å²) in [5, 5.41) is 1.40. The van der Waals surface area contributed by atoms with Crippen LogP contribution in [-0.4, -0.2) is 43.2 Å². The fourth-order valence-corrected chi connectivity index (χ4v) is 1.69. The number of carbonyl (C=O) groups excluding carboxylic acids is 1. The van der Waals surface area contributed by atoms with E-state index in [-0.39, 0.29) is 5.91 Å². The first-order valence-electron chi connectivity index (χ1n) is 7.85. The molecule has 0 saturated heterocycles. The van der Waals surface area contributed by atoms with Gasteiger partial charge in [0, 0.05) is 26.2 Å². The fraction of sp³-hybridized carbons (Fsp3) is 0.625. The van der Waals surface area contributed by atoms with Crippen LogP contribution in [0.2, 0.25) is 0 Å². The second-order valence-electron chi connectivity index (χ2n) is 5.02. The van der Waals surface area contributed by atoms with Gasteiger partial charge in [0.2, 0.25) is 11.8 Å². The van der Waals surface area contributed by atoms with Gasteiger partial charge in [0.15, 0.2) is 0 Å². The highest BCUT2D eigenvalue weighted by atomic mass is 16.5. The molecule has 124 valence electrons. The highest BCUT2D eigenvalue weighted by Gasteiger charge is 2.14. The lowest BCUT2D eigenvalue weighted by atomic mass is 10.2. The molecule has 1 heterocycles. The molecule has 0 aliphatic rings. The van der Waals surface area contributed by atoms with Gasteiger partial charge in [0.1, 0.15) is 0 Å². The van der Waals surface area contributed by atoms with E-state index >= 15 is 0 Å². The Labute approximate surface area is 132 Å². The van der Waals surface area contributed by atoms with Gasteiger partial charge < -0.3 is 9.47 Å². The summed E-state index contributed by atoms with van der Waals surface area (Å²) in [6.07, 6.45) is 3.98. The molecule has 0 aliphatic carbocycles. The Morgan fingerprint density at radius 3 is 2.05 bits per heavy atom. The molecular weight excluding hydrogens is 282 g/mol. The summed E-state index contributed by atoms with van der Waals surface area (Å²) in [6, 6.07) is 3.30. The predicted molar refractivity (Wildman–Crippen MR) is 86.2 cm³/mol. The molecule has 0 fully saturated rings. The lowest BCUT2D eigenvalue weighted by Crippen LogP contribution is -2.36. The number of rotatable bonds is 10. The number of hydrazine groups is 1. The zero-order valence-electron chi connectivity index (χ0n) is 14.0. The van der Waals surface area contributed by atoms with Crippen molar-refractivity contribution in [3.8, 4) is 11.8 Å². The van der Waals surface area contributed by atoms with E-state index in [1.54, 1.807) is 26.2 Å². The van der Waals surface area contributed by atoms with E-state index in [9.17, 15) is 4.79 Å². The molecule has 0 unspecified atom stereocenters. The molecule has 22 heavy (non-hydrogen) atoms. The third-order valence-electron chi connectivity index (χ3n) is 3.16. The van der Waals surface area contributed by atoms with Crippen LogP contribution >= 0.6 is 0 Å². The van der Waals surface area contributed by atoms with Gasteiger partial charge >= 0.3 is 0 Å². The third kappa shape index (κ3) is 5.89. The zero-order valence-corrected chi connectivity index (χ0v) is 14.0. The average Bonchev–Trinajstić information content (AvgIpc) is 2.53. The summed E-state index contributed by atoms with van der Waals surface area (Å²) in [6.45, 7) is 5.35. The molecule has 1 rings (SSSR count). The lowest BCUT2D eigenvalue weighted by Gasteiger charge is -2.16. The van der Waals surface area contributed by atoms with Crippen molar-refractivity contribution in [2.24, 2.45) is 0 Å². The minimum atomic E-state index is -0.161. The first kappa shape index (κ1) is 18.2. The van der Waals surface area contributed by atoms with Crippen LogP contribution in [0.1, 0.15) is 49.9 Å². The van der Waals surface area contributed by atoms with Crippen LogP contribution in [0.3, 0.4) is 0 Å². The number of nitrogens with one attached hydrogen (secondary N) is 1. The Kier molecular flexibility index (Phi) is 8.28. The number of aromatic nitrogens is 1. The molecule has 0 radical (unpaired) electrons. The van der Waals surface area contributed by atoms with Crippen molar-refractivity contribution >= 4 is 5.91 Å². The van der Waals surface area contributed by atoms with Crippen LogP contribution in [0.5, 0.6) is 11.8 Å². The number of carbonyl (C=O) groups is 1. The molecular formula is C16H27N3O3. The normalized spacial score (nSPS) is 10.4. The molecule has 1 amide bonds. The van der Waals surface area contributed by atoms with Gasteiger partial charge in [-0.1, -0.05) is 26.7 Å². The molecule has 1 aromatic heterocycles. The number of pyridine rings is 1. The summed E-state index contributed by atoms with van der Waals surface area (Å²) < 4.78 is 11.2. The number of hydrogen-bond donors (Lipinski definition) is 1. The summed E-state index contributed by atoms with van der Waals surface area (Å²) >= 11 is 0. The zero-order chi connectivity index (χ0) is 16.4. The van der Waals surface area contributed by atoms with Gasteiger partial charge in [-0.2, -0.15) is 4.98 Å². The van der Waals surface area contributed by atoms with Crippen molar-refractivity contribution in [1.29, 1.82) is 0 Å². The van der Waals surface area contributed by atoms with Crippen molar-refractivity contribution in [2.75, 3.05) is 27.3 Å². The van der Waals surface area contributed by atoms with Gasteiger partial charge in [0.25, 0.3) is 5.91 Å². The molecule has 0 aliphatic heterocycles. The second kappa shape index (κ2) is 10.00. The number of ether oxygens (including phenoxy) is 2. The summed E-state index contributed by atoms with van der Waals surface area (Å²) in [4.78, 5) is 16.6. The Balaban J connectivity index is 2.90. The standard InChI is InChI=1S/C16H27N3O3/c1-5-7-9-21-14-11-13(16(20)19(4)17-3)12-15(18-14)22-10-8-6-2/h11-12,17H,5-10H2,1-4H3. The monoisotopic (exact) mass is 309 g/mol. The third-order valence-corrected chi connectivity index (χ3v) is 3.16. The van der Waals surface area contributed by atoms with Crippen LogP contribution in [-0.2, 0) is 0 Å². The molecule has 0 aromatic carbocycles. The van der Waals surface area contributed by atoms with Gasteiger partial charge in [0.05, 0.1) is 18.8 Å². The Hall–Kier alpha value is -1.82. The van der Waals surface area contributed by atoms with Crippen LogP contribution in [0.4, 0.5) is 0 Å². The summed E-state index contributed by atoms with van der Waals surface area (Å²) in [7, 11) is 3.36. The number of amides is 1. The molecule has 0 saturated carbocycles. The summed E-state index contributed by atoms with van der Waals surface area (Å²) in [5.41, 5.74) is 3.28. The second-order valence-corrected chi connectivity index (χ2v) is 5.02. The quantitative estimate of drug-likeness (QED) is 0.532. The maximum Gasteiger partial charge on any atom is 0.268 e. The van der Waals surface area contributed by atoms with Crippen molar-refractivity contribution in [1.82, 2.24) is 15.4 Å². The van der Waals surface area contributed by atoms with E-state index in [1.807, 2.05) is 0 Å². The van der Waals surface area contributed by atoms with Crippen molar-refractivity contribution in [3.05, 3.63) is 17.7 Å². The number of hydrogen-bond acceptors (Lipinski definition) is 5. The van der Waals surface area contributed by atoms with Crippen LogP contribution in [0, 0.1) is 0 Å². The van der Waals surface area contributed by atoms with E-state index < -0.39 is 0 Å². The largest absolute Gasteiger partial charge is 0.478 e. The SMILES string of the molecule is CCCCOc1cc(C(=O)N(C)NC)cc(OCCCC)n1. The molecule has 1 N–H and O–H groups in total. The van der Waals surface area contributed by atoms with Gasteiger partial charge in [-0.05, 0) is 12.8 Å². The molecule has 0 atom stereocenters. The van der Waals surface area contributed by atoms with Crippen LogP contribution in [0.25, 0.3) is 0 Å². The van der Waals surface area contributed by atoms with Crippen molar-refractivity contribution < 1.29 is 14.3 Å². The van der Waals surface area contributed by atoms with E-state index in [1.165, 1.54) is 5.01 Å². The molecule has 0 spiro atoms. The predicted octanol–water partition coefficient (Wildman–Crippen LogP) is 2.65. The van der Waals surface area contributed by atoms with Gasteiger partial charge in [-0.25, -0.2) is 5.43 Å². The smallest absolute Gasteiger partial charge is 0.268 e. The van der Waals surface area contributed by atoms with Crippen LogP contribution < -0.4 is 14.9 Å². The van der Waals surface area contributed by atoms with E-state index in [0.29, 0.717) is 30.5 Å². The molecule has 6 heteroatoms. The maximum atomic E-state index is 12.3. The van der Waals surface area contributed by atoms with Gasteiger partial charge in [-0.3, -0.25) is 9.80 Å². The highest BCUT2D eigenvalue weighted by Crippen LogP contribution is 2.19. The summed E-state index contributed by atoms with van der Waals surface area (Å²) in [5.74, 6) is 0.691. The Morgan fingerprint density at radius 2 is 1.64 bits per heavy atom. The number of unbranched alkanes of at least 4 members (excludes halogenated alkanes) is 2. The minimum Gasteiger partial charge on any atom is -0.478 e. The number of nitrogens with zero attached hydrogens (tertiary/aromatic N) is 2. The Bertz CT molecular complexity index is 438.